The minimum absolute atomic E-state index is 0.246. The van der Waals surface area contributed by atoms with Gasteiger partial charge in [-0.3, -0.25) is 0 Å². The van der Waals surface area contributed by atoms with E-state index in [1.165, 1.54) is 17.5 Å². The number of hydrogen-bond donors (Lipinski definition) is 0. The van der Waals surface area contributed by atoms with Crippen LogP contribution in [0.25, 0.3) is 0 Å². The second-order valence-electron chi connectivity index (χ2n) is 6.30. The lowest BCUT2D eigenvalue weighted by atomic mass is 10.1. The minimum atomic E-state index is -1.84. The van der Waals surface area contributed by atoms with Crippen molar-refractivity contribution in [3.05, 3.63) is 41.6 Å². The molecule has 0 heterocycles. The van der Waals surface area contributed by atoms with Crippen LogP contribution in [0.4, 0.5) is 0 Å². The molecule has 0 radical (unpaired) electrons. The zero-order valence-corrected chi connectivity index (χ0v) is 15.6. The molecule has 0 fully saturated rings. The van der Waals surface area contributed by atoms with Crippen molar-refractivity contribution >= 4 is 19.2 Å². The molecule has 23 heavy (non-hydrogen) atoms. The van der Waals surface area contributed by atoms with Gasteiger partial charge in [-0.05, 0) is 19.3 Å². The maximum absolute atomic E-state index is 11.8. The number of unbranched alkanes of at least 4 members (excludes halogenated alkanes) is 4. The summed E-state index contributed by atoms with van der Waals surface area (Å²) in [5, 5.41) is 2.61. The molecule has 2 nitrogen and oxygen atoms in total. The van der Waals surface area contributed by atoms with Crippen LogP contribution in [0.1, 0.15) is 38.5 Å². The summed E-state index contributed by atoms with van der Waals surface area (Å²) in [6.07, 6.45) is 13.3. The maximum atomic E-state index is 11.8. The molecule has 124 valence electrons. The average Bonchev–Trinajstić information content (AvgIpc) is 2.57. The van der Waals surface area contributed by atoms with Crippen LogP contribution in [-0.2, 0) is 9.53 Å². The Morgan fingerprint density at radius 1 is 1.17 bits per heavy atom. The van der Waals surface area contributed by atoms with Crippen LogP contribution < -0.4 is 5.19 Å². The highest BCUT2D eigenvalue weighted by molar-refractivity contribution is 6.95. The lowest BCUT2D eigenvalue weighted by Crippen LogP contribution is -2.44. The third-order valence-corrected chi connectivity index (χ3v) is 8.09. The van der Waals surface area contributed by atoms with E-state index in [0.29, 0.717) is 0 Å². The summed E-state index contributed by atoms with van der Waals surface area (Å²) in [5.74, 6) is 2.43. The highest BCUT2D eigenvalue weighted by atomic mass is 28.3. The summed E-state index contributed by atoms with van der Waals surface area (Å²) in [4.78, 5) is 11.8. The van der Waals surface area contributed by atoms with Crippen molar-refractivity contribution in [3.8, 4) is 12.3 Å². The van der Waals surface area contributed by atoms with Gasteiger partial charge in [-0.1, -0.05) is 66.7 Å². The fraction of sp³-hybridized carbons (Fsp3) is 0.450. The van der Waals surface area contributed by atoms with Crippen LogP contribution in [0, 0.1) is 12.3 Å². The summed E-state index contributed by atoms with van der Waals surface area (Å²) >= 11 is 0. The van der Waals surface area contributed by atoms with E-state index < -0.39 is 8.07 Å². The molecule has 0 N–H and O–H groups in total. The molecular weight excluding hydrogens is 300 g/mol. The Morgan fingerprint density at radius 2 is 1.83 bits per heavy atom. The Bertz CT molecular complexity index is 553. The molecule has 0 aromatic heterocycles. The molecule has 0 saturated heterocycles. The Labute approximate surface area is 142 Å². The van der Waals surface area contributed by atoms with Crippen molar-refractivity contribution in [2.45, 2.75) is 51.6 Å². The second kappa shape index (κ2) is 10.1. The molecule has 0 unspecified atom stereocenters. The van der Waals surface area contributed by atoms with Gasteiger partial charge in [0.15, 0.2) is 0 Å². The molecular formula is C20H28O2Si. The van der Waals surface area contributed by atoms with E-state index in [1.807, 2.05) is 6.07 Å². The van der Waals surface area contributed by atoms with Crippen molar-refractivity contribution in [2.75, 3.05) is 7.11 Å². The standard InChI is InChI=1S/C20H28O2Si/c1-5-6-7-8-9-11-16-19(17-20(21)22-2)23(3,4)18-14-12-10-13-15-18/h1,10,12-15,17H,6-9,11,16H2,2-4H3/b19-17-. The van der Waals surface area contributed by atoms with E-state index in [4.69, 9.17) is 11.2 Å². The van der Waals surface area contributed by atoms with E-state index in [2.05, 4.69) is 43.3 Å². The summed E-state index contributed by atoms with van der Waals surface area (Å²) in [7, 11) is -0.398. The molecule has 0 saturated carbocycles. The number of terminal acetylenes is 1. The predicted octanol–water partition coefficient (Wildman–Crippen LogP) is 4.21. The number of esters is 1. The number of carbonyl (C=O) groups is 1. The number of rotatable bonds is 9. The van der Waals surface area contributed by atoms with E-state index in [-0.39, 0.29) is 5.97 Å². The minimum Gasteiger partial charge on any atom is -0.466 e. The molecule has 0 bridgehead atoms. The van der Waals surface area contributed by atoms with Crippen LogP contribution >= 0.6 is 0 Å². The third-order valence-electron chi connectivity index (χ3n) is 4.31. The highest BCUT2D eigenvalue weighted by Crippen LogP contribution is 2.22. The summed E-state index contributed by atoms with van der Waals surface area (Å²) in [6, 6.07) is 10.5. The molecule has 0 amide bonds. The summed E-state index contributed by atoms with van der Waals surface area (Å²) in [5.41, 5.74) is 0. The van der Waals surface area contributed by atoms with Crippen molar-refractivity contribution in [1.82, 2.24) is 0 Å². The number of allylic oxidation sites excluding steroid dienone is 1. The quantitative estimate of drug-likeness (QED) is 0.223. The van der Waals surface area contributed by atoms with Crippen LogP contribution in [0.15, 0.2) is 41.6 Å². The van der Waals surface area contributed by atoms with Gasteiger partial charge in [0.05, 0.1) is 7.11 Å². The first-order valence-corrected chi connectivity index (χ1v) is 11.3. The molecule has 1 aromatic carbocycles. The zero-order chi connectivity index (χ0) is 17.1. The van der Waals surface area contributed by atoms with Crippen molar-refractivity contribution in [2.24, 2.45) is 0 Å². The van der Waals surface area contributed by atoms with E-state index in [1.54, 1.807) is 6.08 Å². The Kier molecular flexibility index (Phi) is 8.43. The monoisotopic (exact) mass is 328 g/mol. The number of ether oxygens (including phenoxy) is 1. The SMILES string of the molecule is C#CCCCCCC/C(=C/C(=O)OC)[Si](C)(C)c1ccccc1. The lowest BCUT2D eigenvalue weighted by Gasteiger charge is -2.27. The van der Waals surface area contributed by atoms with Gasteiger partial charge in [-0.2, -0.15) is 0 Å². The number of hydrogen-bond acceptors (Lipinski definition) is 2. The molecule has 0 atom stereocenters. The van der Waals surface area contributed by atoms with Crippen molar-refractivity contribution in [1.29, 1.82) is 0 Å². The Balaban J connectivity index is 2.79. The van der Waals surface area contributed by atoms with Gasteiger partial charge in [0.1, 0.15) is 8.07 Å². The highest BCUT2D eigenvalue weighted by Gasteiger charge is 2.28. The average molecular weight is 329 g/mol. The molecule has 1 rings (SSSR count). The second-order valence-corrected chi connectivity index (χ2v) is 10.8. The molecule has 0 spiro atoms. The molecule has 0 aliphatic rings. The van der Waals surface area contributed by atoms with Gasteiger partial charge < -0.3 is 4.74 Å². The lowest BCUT2D eigenvalue weighted by molar-refractivity contribution is -0.134. The van der Waals surface area contributed by atoms with E-state index >= 15 is 0 Å². The number of methoxy groups -OCH3 is 1. The van der Waals surface area contributed by atoms with Gasteiger partial charge in [-0.25, -0.2) is 4.79 Å². The largest absolute Gasteiger partial charge is 0.466 e. The van der Waals surface area contributed by atoms with Crippen LogP contribution in [0.2, 0.25) is 13.1 Å². The van der Waals surface area contributed by atoms with Gasteiger partial charge in [0.25, 0.3) is 0 Å². The van der Waals surface area contributed by atoms with Gasteiger partial charge >= 0.3 is 5.97 Å². The van der Waals surface area contributed by atoms with Gasteiger partial charge in [0.2, 0.25) is 0 Å². The Hall–Kier alpha value is -1.79. The smallest absolute Gasteiger partial charge is 0.330 e. The van der Waals surface area contributed by atoms with Crippen molar-refractivity contribution in [3.63, 3.8) is 0 Å². The van der Waals surface area contributed by atoms with Gasteiger partial charge in [0, 0.05) is 12.5 Å². The molecule has 0 aliphatic heterocycles. The molecule has 1 aromatic rings. The molecule has 3 heteroatoms. The first-order chi connectivity index (χ1) is 11.0. The first-order valence-electron chi connectivity index (χ1n) is 8.30. The normalized spacial score (nSPS) is 11.8. The van der Waals surface area contributed by atoms with E-state index in [9.17, 15) is 4.79 Å². The van der Waals surface area contributed by atoms with Crippen LogP contribution in [0.3, 0.4) is 0 Å². The summed E-state index contributed by atoms with van der Waals surface area (Å²) < 4.78 is 4.86. The first kappa shape index (κ1) is 19.3. The maximum Gasteiger partial charge on any atom is 0.330 e. The van der Waals surface area contributed by atoms with Crippen molar-refractivity contribution < 1.29 is 9.53 Å². The van der Waals surface area contributed by atoms with Crippen LogP contribution in [0.5, 0.6) is 0 Å². The predicted molar refractivity (Wildman–Crippen MR) is 100 cm³/mol. The number of benzene rings is 1. The fourth-order valence-corrected chi connectivity index (χ4v) is 5.38. The number of carbonyl (C=O) groups excluding carboxylic acids is 1. The van der Waals surface area contributed by atoms with Gasteiger partial charge in [-0.15, -0.1) is 12.3 Å². The third kappa shape index (κ3) is 6.46. The fourth-order valence-electron chi connectivity index (χ4n) is 2.70. The van der Waals surface area contributed by atoms with Crippen LogP contribution in [-0.4, -0.2) is 21.2 Å². The summed E-state index contributed by atoms with van der Waals surface area (Å²) in [6.45, 7) is 4.60. The zero-order valence-electron chi connectivity index (χ0n) is 14.6. The Morgan fingerprint density at radius 3 is 2.43 bits per heavy atom. The molecule has 0 aliphatic carbocycles. The van der Waals surface area contributed by atoms with E-state index in [0.717, 1.165) is 38.5 Å². The topological polar surface area (TPSA) is 26.3 Å².